The van der Waals surface area contributed by atoms with Crippen LogP contribution in [-0.2, 0) is 9.53 Å². The van der Waals surface area contributed by atoms with Gasteiger partial charge in [-0.15, -0.1) is 0 Å². The van der Waals surface area contributed by atoms with Crippen molar-refractivity contribution in [2.45, 2.75) is 58.6 Å². The minimum atomic E-state index is -0.455. The minimum absolute atomic E-state index is 0.00468. The summed E-state index contributed by atoms with van der Waals surface area (Å²) in [7, 11) is 0. The van der Waals surface area contributed by atoms with E-state index >= 15 is 0 Å². The molecule has 13 heavy (non-hydrogen) atoms. The van der Waals surface area contributed by atoms with Crippen LogP contribution in [-0.4, -0.2) is 18.1 Å². The molecule has 2 unspecified atom stereocenters. The van der Waals surface area contributed by atoms with Crippen molar-refractivity contribution in [3.05, 3.63) is 0 Å². The van der Waals surface area contributed by atoms with Gasteiger partial charge >= 0.3 is 5.97 Å². The lowest BCUT2D eigenvalue weighted by atomic mass is 10.2. The molecule has 78 valence electrons. The van der Waals surface area contributed by atoms with Gasteiger partial charge in [-0.3, -0.25) is 4.79 Å². The predicted octanol–water partition coefficient (Wildman–Crippen LogP) is 1.85. The van der Waals surface area contributed by atoms with Crippen LogP contribution in [0.25, 0.3) is 0 Å². The van der Waals surface area contributed by atoms with E-state index < -0.39 is 6.04 Å². The summed E-state index contributed by atoms with van der Waals surface area (Å²) in [6.45, 7) is 5.91. The fourth-order valence-electron chi connectivity index (χ4n) is 1.00. The van der Waals surface area contributed by atoms with E-state index in [1.165, 1.54) is 0 Å². The number of carbonyl (C=O) groups is 1. The summed E-state index contributed by atoms with van der Waals surface area (Å²) in [5.74, 6) is -0.272. The zero-order valence-corrected chi connectivity index (χ0v) is 8.88. The van der Waals surface area contributed by atoms with Gasteiger partial charge in [0.05, 0.1) is 6.10 Å². The van der Waals surface area contributed by atoms with Gasteiger partial charge in [0.25, 0.3) is 0 Å². The standard InChI is InChI=1S/C10H21NO2/c1-4-6-7-8(3)13-10(12)9(11)5-2/h8-9H,4-7,11H2,1-3H3. The SMILES string of the molecule is CCCCC(C)OC(=O)C(N)CC. The van der Waals surface area contributed by atoms with Crippen LogP contribution in [0.4, 0.5) is 0 Å². The average Bonchev–Trinajstić information content (AvgIpc) is 2.13. The highest BCUT2D eigenvalue weighted by molar-refractivity contribution is 5.75. The monoisotopic (exact) mass is 187 g/mol. The van der Waals surface area contributed by atoms with Crippen LogP contribution in [0, 0.1) is 0 Å². The summed E-state index contributed by atoms with van der Waals surface area (Å²) < 4.78 is 5.14. The third-order valence-corrected chi connectivity index (χ3v) is 2.02. The molecular formula is C10H21NO2. The van der Waals surface area contributed by atoms with Crippen LogP contribution in [0.5, 0.6) is 0 Å². The highest BCUT2D eigenvalue weighted by Crippen LogP contribution is 2.05. The Morgan fingerprint density at radius 1 is 1.46 bits per heavy atom. The van der Waals surface area contributed by atoms with E-state index in [2.05, 4.69) is 6.92 Å². The number of esters is 1. The Hall–Kier alpha value is -0.570. The molecule has 3 heteroatoms. The van der Waals surface area contributed by atoms with Gasteiger partial charge in [-0.25, -0.2) is 0 Å². The Kier molecular flexibility index (Phi) is 6.59. The minimum Gasteiger partial charge on any atom is -0.462 e. The first-order valence-corrected chi connectivity index (χ1v) is 5.07. The molecule has 0 aliphatic rings. The third-order valence-electron chi connectivity index (χ3n) is 2.02. The van der Waals surface area contributed by atoms with E-state index in [4.69, 9.17) is 10.5 Å². The normalized spacial score (nSPS) is 15.1. The number of hydrogen-bond donors (Lipinski definition) is 1. The maximum absolute atomic E-state index is 11.2. The smallest absolute Gasteiger partial charge is 0.323 e. The van der Waals surface area contributed by atoms with Crippen molar-refractivity contribution in [2.24, 2.45) is 5.73 Å². The van der Waals surface area contributed by atoms with Crippen molar-refractivity contribution in [3.8, 4) is 0 Å². The van der Waals surface area contributed by atoms with Gasteiger partial charge in [0, 0.05) is 0 Å². The fraction of sp³-hybridized carbons (Fsp3) is 0.900. The molecule has 0 fully saturated rings. The molecule has 0 saturated carbocycles. The lowest BCUT2D eigenvalue weighted by Gasteiger charge is -2.15. The second-order valence-corrected chi connectivity index (χ2v) is 3.40. The molecule has 0 bridgehead atoms. The van der Waals surface area contributed by atoms with Gasteiger partial charge in [-0.1, -0.05) is 26.7 Å². The third kappa shape index (κ3) is 5.64. The highest BCUT2D eigenvalue weighted by Gasteiger charge is 2.15. The van der Waals surface area contributed by atoms with Crippen molar-refractivity contribution in [1.82, 2.24) is 0 Å². The van der Waals surface area contributed by atoms with Crippen molar-refractivity contribution in [2.75, 3.05) is 0 Å². The summed E-state index contributed by atoms with van der Waals surface area (Å²) in [5.41, 5.74) is 5.52. The summed E-state index contributed by atoms with van der Waals surface area (Å²) in [6.07, 6.45) is 3.79. The van der Waals surface area contributed by atoms with E-state index in [9.17, 15) is 4.79 Å². The van der Waals surface area contributed by atoms with Gasteiger partial charge in [0.15, 0.2) is 0 Å². The number of ether oxygens (including phenoxy) is 1. The van der Waals surface area contributed by atoms with Crippen LogP contribution < -0.4 is 5.73 Å². The van der Waals surface area contributed by atoms with Crippen LogP contribution >= 0.6 is 0 Å². The maximum Gasteiger partial charge on any atom is 0.323 e. The van der Waals surface area contributed by atoms with Crippen LogP contribution in [0.1, 0.15) is 46.5 Å². The van der Waals surface area contributed by atoms with E-state index in [0.29, 0.717) is 6.42 Å². The first-order valence-electron chi connectivity index (χ1n) is 5.07. The molecule has 2 N–H and O–H groups in total. The fourth-order valence-corrected chi connectivity index (χ4v) is 1.00. The van der Waals surface area contributed by atoms with Crippen molar-refractivity contribution in [1.29, 1.82) is 0 Å². The van der Waals surface area contributed by atoms with E-state index in [1.807, 2.05) is 13.8 Å². The Balaban J connectivity index is 3.64. The lowest BCUT2D eigenvalue weighted by Crippen LogP contribution is -2.33. The molecule has 2 atom stereocenters. The number of unbranched alkanes of at least 4 members (excludes halogenated alkanes) is 1. The van der Waals surface area contributed by atoms with Gasteiger partial charge in [-0.05, 0) is 19.8 Å². The second kappa shape index (κ2) is 6.89. The summed E-state index contributed by atoms with van der Waals surface area (Å²) in [6, 6.07) is -0.455. The van der Waals surface area contributed by atoms with Crippen molar-refractivity contribution >= 4 is 5.97 Å². The first-order chi connectivity index (χ1) is 6.11. The summed E-state index contributed by atoms with van der Waals surface area (Å²) >= 11 is 0. The van der Waals surface area contributed by atoms with E-state index in [0.717, 1.165) is 19.3 Å². The second-order valence-electron chi connectivity index (χ2n) is 3.40. The molecule has 0 amide bonds. The van der Waals surface area contributed by atoms with Crippen molar-refractivity contribution < 1.29 is 9.53 Å². The largest absolute Gasteiger partial charge is 0.462 e. The molecule has 0 saturated heterocycles. The molecule has 0 rings (SSSR count). The van der Waals surface area contributed by atoms with E-state index in [-0.39, 0.29) is 12.1 Å². The van der Waals surface area contributed by atoms with Crippen LogP contribution in [0.2, 0.25) is 0 Å². The van der Waals surface area contributed by atoms with Gasteiger partial charge < -0.3 is 10.5 Å². The molecule has 0 radical (unpaired) electrons. The average molecular weight is 187 g/mol. The zero-order chi connectivity index (χ0) is 10.3. The predicted molar refractivity (Wildman–Crippen MR) is 53.3 cm³/mol. The lowest BCUT2D eigenvalue weighted by molar-refractivity contribution is -0.150. The summed E-state index contributed by atoms with van der Waals surface area (Å²) in [5, 5.41) is 0. The number of nitrogens with two attached hydrogens (primary N) is 1. The molecule has 0 heterocycles. The number of rotatable bonds is 6. The zero-order valence-electron chi connectivity index (χ0n) is 8.88. The molecule has 0 aromatic rings. The van der Waals surface area contributed by atoms with Crippen LogP contribution in [0.15, 0.2) is 0 Å². The maximum atomic E-state index is 11.2. The van der Waals surface area contributed by atoms with Gasteiger partial charge in [0.2, 0.25) is 0 Å². The Bertz CT molecular complexity index is 148. The topological polar surface area (TPSA) is 52.3 Å². The molecular weight excluding hydrogens is 166 g/mol. The van der Waals surface area contributed by atoms with E-state index in [1.54, 1.807) is 0 Å². The Morgan fingerprint density at radius 2 is 2.08 bits per heavy atom. The van der Waals surface area contributed by atoms with Gasteiger partial charge in [-0.2, -0.15) is 0 Å². The summed E-state index contributed by atoms with van der Waals surface area (Å²) in [4.78, 5) is 11.2. The molecule has 0 aliphatic heterocycles. The quantitative estimate of drug-likeness (QED) is 0.645. The van der Waals surface area contributed by atoms with Gasteiger partial charge in [0.1, 0.15) is 6.04 Å². The molecule has 0 aromatic heterocycles. The Labute approximate surface area is 80.6 Å². The number of hydrogen-bond acceptors (Lipinski definition) is 3. The first kappa shape index (κ1) is 12.4. The number of carbonyl (C=O) groups excluding carboxylic acids is 1. The highest BCUT2D eigenvalue weighted by atomic mass is 16.5. The van der Waals surface area contributed by atoms with Crippen LogP contribution in [0.3, 0.4) is 0 Å². The molecule has 0 aliphatic carbocycles. The molecule has 3 nitrogen and oxygen atoms in total. The van der Waals surface area contributed by atoms with Crippen molar-refractivity contribution in [3.63, 3.8) is 0 Å². The molecule has 0 spiro atoms. The Morgan fingerprint density at radius 3 is 2.54 bits per heavy atom. The molecule has 0 aromatic carbocycles.